The second kappa shape index (κ2) is 7.40. The molecule has 1 aliphatic rings. The molecule has 1 aromatic carbocycles. The van der Waals surface area contributed by atoms with E-state index in [1.807, 2.05) is 17.0 Å². The normalized spacial score (nSPS) is 13.1. The Morgan fingerprint density at radius 3 is 2.52 bits per heavy atom. The lowest BCUT2D eigenvalue weighted by molar-refractivity contribution is -0.385. The molecule has 0 saturated heterocycles. The van der Waals surface area contributed by atoms with Gasteiger partial charge in [0.2, 0.25) is 5.91 Å². The number of pyridine rings is 1. The van der Waals surface area contributed by atoms with Crippen molar-refractivity contribution in [1.82, 2.24) is 9.88 Å². The van der Waals surface area contributed by atoms with E-state index < -0.39 is 10.8 Å². The molecule has 0 bridgehead atoms. The van der Waals surface area contributed by atoms with Crippen LogP contribution in [0.2, 0.25) is 0 Å². The Balaban J connectivity index is 1.75. The maximum Gasteiger partial charge on any atom is 0.288 e. The molecule has 1 saturated carbocycles. The third-order valence-electron chi connectivity index (χ3n) is 4.31. The van der Waals surface area contributed by atoms with Crippen LogP contribution in [0.4, 0.5) is 17.2 Å². The summed E-state index contributed by atoms with van der Waals surface area (Å²) in [6.45, 7) is 2.11. The fraction of sp³-hybridized carbons (Fsp3) is 0.278. The predicted molar refractivity (Wildman–Crippen MR) is 98.4 cm³/mol. The van der Waals surface area contributed by atoms with Gasteiger partial charge in [0.15, 0.2) is 0 Å². The SMILES string of the molecule is CC(=O)N(Cc1ccc(Nc2ncc([N+](=O)[O-])cc2C(N)=O)cc1)C1CC1. The van der Waals surface area contributed by atoms with Crippen molar-refractivity contribution in [2.75, 3.05) is 5.32 Å². The summed E-state index contributed by atoms with van der Waals surface area (Å²) in [5, 5.41) is 13.8. The molecule has 3 rings (SSSR count). The number of hydrogen-bond acceptors (Lipinski definition) is 6. The van der Waals surface area contributed by atoms with Crippen LogP contribution in [0.15, 0.2) is 36.5 Å². The number of primary amides is 1. The average Bonchev–Trinajstić information content (AvgIpc) is 3.45. The molecule has 0 atom stereocenters. The van der Waals surface area contributed by atoms with Crippen LogP contribution in [0.5, 0.6) is 0 Å². The van der Waals surface area contributed by atoms with E-state index in [0.717, 1.165) is 30.7 Å². The van der Waals surface area contributed by atoms with E-state index in [0.29, 0.717) is 18.3 Å². The Labute approximate surface area is 155 Å². The highest BCUT2D eigenvalue weighted by Gasteiger charge is 2.30. The summed E-state index contributed by atoms with van der Waals surface area (Å²) in [6, 6.07) is 8.74. The number of nitrogens with zero attached hydrogens (tertiary/aromatic N) is 3. The Bertz CT molecular complexity index is 893. The number of hydrogen-bond donors (Lipinski definition) is 2. The van der Waals surface area contributed by atoms with E-state index in [1.165, 1.54) is 0 Å². The molecular formula is C18H19N5O4. The van der Waals surface area contributed by atoms with Crippen LogP contribution < -0.4 is 11.1 Å². The average molecular weight is 369 g/mol. The number of aromatic nitrogens is 1. The number of rotatable bonds is 7. The zero-order valence-electron chi connectivity index (χ0n) is 14.7. The van der Waals surface area contributed by atoms with Crippen LogP contribution in [-0.2, 0) is 11.3 Å². The number of nitrogens with two attached hydrogens (primary N) is 1. The Kier molecular flexibility index (Phi) is 5.02. The van der Waals surface area contributed by atoms with E-state index in [9.17, 15) is 19.7 Å². The van der Waals surface area contributed by atoms with Crippen LogP contribution in [0, 0.1) is 10.1 Å². The fourth-order valence-corrected chi connectivity index (χ4v) is 2.75. The van der Waals surface area contributed by atoms with Crippen molar-refractivity contribution in [1.29, 1.82) is 0 Å². The summed E-state index contributed by atoms with van der Waals surface area (Å²) in [7, 11) is 0. The summed E-state index contributed by atoms with van der Waals surface area (Å²) < 4.78 is 0. The highest BCUT2D eigenvalue weighted by Crippen LogP contribution is 2.29. The van der Waals surface area contributed by atoms with Crippen LogP contribution in [0.3, 0.4) is 0 Å². The standard InChI is InChI=1S/C18H19N5O4/c1-11(24)22(14-6-7-14)10-12-2-4-13(5-3-12)21-18-16(17(19)25)8-15(9-20-18)23(26)27/h2-5,8-9,14H,6-7,10H2,1H3,(H2,19,25)(H,20,21). The second-order valence-corrected chi connectivity index (χ2v) is 6.41. The summed E-state index contributed by atoms with van der Waals surface area (Å²) in [6.07, 6.45) is 3.14. The number of carbonyl (C=O) groups is 2. The molecule has 1 fully saturated rings. The molecular weight excluding hydrogens is 350 g/mol. The molecule has 0 spiro atoms. The van der Waals surface area contributed by atoms with E-state index in [4.69, 9.17) is 5.73 Å². The fourth-order valence-electron chi connectivity index (χ4n) is 2.75. The van der Waals surface area contributed by atoms with Gasteiger partial charge in [0, 0.05) is 31.3 Å². The molecule has 1 heterocycles. The predicted octanol–water partition coefficient (Wildman–Crippen LogP) is 2.34. The molecule has 1 aliphatic carbocycles. The van der Waals surface area contributed by atoms with Gasteiger partial charge >= 0.3 is 0 Å². The van der Waals surface area contributed by atoms with Gasteiger partial charge in [0.1, 0.15) is 12.0 Å². The number of nitro groups is 1. The van der Waals surface area contributed by atoms with E-state index in [2.05, 4.69) is 10.3 Å². The maximum absolute atomic E-state index is 11.7. The van der Waals surface area contributed by atoms with Gasteiger partial charge in [-0.1, -0.05) is 12.1 Å². The summed E-state index contributed by atoms with van der Waals surface area (Å²) in [5.74, 6) is -0.614. The van der Waals surface area contributed by atoms with E-state index in [-0.39, 0.29) is 23.0 Å². The lowest BCUT2D eigenvalue weighted by atomic mass is 10.1. The molecule has 2 amide bonds. The second-order valence-electron chi connectivity index (χ2n) is 6.41. The largest absolute Gasteiger partial charge is 0.365 e. The van der Waals surface area contributed by atoms with Gasteiger partial charge in [-0.15, -0.1) is 0 Å². The number of benzene rings is 1. The van der Waals surface area contributed by atoms with Gasteiger partial charge < -0.3 is 16.0 Å². The first-order chi connectivity index (χ1) is 12.8. The molecule has 140 valence electrons. The first-order valence-corrected chi connectivity index (χ1v) is 8.42. The summed E-state index contributed by atoms with van der Waals surface area (Å²) >= 11 is 0. The summed E-state index contributed by atoms with van der Waals surface area (Å²) in [4.78, 5) is 39.3. The highest BCUT2D eigenvalue weighted by molar-refractivity contribution is 5.98. The van der Waals surface area contributed by atoms with Gasteiger partial charge in [-0.25, -0.2) is 4.98 Å². The van der Waals surface area contributed by atoms with Crippen LogP contribution >= 0.6 is 0 Å². The van der Waals surface area contributed by atoms with Crippen LogP contribution in [-0.4, -0.2) is 32.7 Å². The number of amides is 2. The first-order valence-electron chi connectivity index (χ1n) is 8.42. The van der Waals surface area contributed by atoms with Crippen molar-refractivity contribution in [3.05, 3.63) is 57.8 Å². The van der Waals surface area contributed by atoms with Crippen LogP contribution in [0.25, 0.3) is 0 Å². The smallest absolute Gasteiger partial charge is 0.288 e. The van der Waals surface area contributed by atoms with Gasteiger partial charge in [-0.3, -0.25) is 19.7 Å². The molecule has 9 heteroatoms. The molecule has 9 nitrogen and oxygen atoms in total. The third-order valence-corrected chi connectivity index (χ3v) is 4.31. The minimum Gasteiger partial charge on any atom is -0.365 e. The van der Waals surface area contributed by atoms with Gasteiger partial charge in [0.25, 0.3) is 11.6 Å². The summed E-state index contributed by atoms with van der Waals surface area (Å²) in [5.41, 5.74) is 6.55. The Morgan fingerprint density at radius 2 is 2.00 bits per heavy atom. The Hall–Kier alpha value is -3.49. The number of carbonyl (C=O) groups excluding carboxylic acids is 2. The van der Waals surface area contributed by atoms with Crippen molar-refractivity contribution >= 4 is 29.0 Å². The van der Waals surface area contributed by atoms with Gasteiger partial charge in [-0.05, 0) is 30.5 Å². The maximum atomic E-state index is 11.7. The molecule has 0 unspecified atom stereocenters. The minimum atomic E-state index is -0.813. The number of nitrogens with one attached hydrogen (secondary N) is 1. The van der Waals surface area contributed by atoms with Gasteiger partial charge in [-0.2, -0.15) is 0 Å². The third kappa shape index (κ3) is 4.38. The quantitative estimate of drug-likeness (QED) is 0.569. The van der Waals surface area contributed by atoms with Crippen molar-refractivity contribution in [3.63, 3.8) is 0 Å². The van der Waals surface area contributed by atoms with Crippen molar-refractivity contribution < 1.29 is 14.5 Å². The minimum absolute atomic E-state index is 0.0564. The van der Waals surface area contributed by atoms with Crippen LogP contribution in [0.1, 0.15) is 35.7 Å². The van der Waals surface area contributed by atoms with Crippen molar-refractivity contribution in [3.8, 4) is 0 Å². The highest BCUT2D eigenvalue weighted by atomic mass is 16.6. The van der Waals surface area contributed by atoms with E-state index >= 15 is 0 Å². The zero-order valence-corrected chi connectivity index (χ0v) is 14.7. The lowest BCUT2D eigenvalue weighted by Gasteiger charge is -2.20. The molecule has 0 aliphatic heterocycles. The van der Waals surface area contributed by atoms with E-state index in [1.54, 1.807) is 19.1 Å². The Morgan fingerprint density at radius 1 is 1.33 bits per heavy atom. The topological polar surface area (TPSA) is 131 Å². The van der Waals surface area contributed by atoms with Gasteiger partial charge in [0.05, 0.1) is 10.5 Å². The van der Waals surface area contributed by atoms with Crippen molar-refractivity contribution in [2.24, 2.45) is 5.73 Å². The lowest BCUT2D eigenvalue weighted by Crippen LogP contribution is -2.30. The molecule has 1 aromatic heterocycles. The molecule has 3 N–H and O–H groups in total. The molecule has 0 radical (unpaired) electrons. The monoisotopic (exact) mass is 369 g/mol. The first kappa shape index (κ1) is 18.3. The molecule has 27 heavy (non-hydrogen) atoms. The van der Waals surface area contributed by atoms with Crippen molar-refractivity contribution in [2.45, 2.75) is 32.4 Å². The molecule has 2 aromatic rings. The zero-order chi connectivity index (χ0) is 19.6. The number of anilines is 2.